The van der Waals surface area contributed by atoms with E-state index in [1.807, 2.05) is 59.6 Å². The van der Waals surface area contributed by atoms with Crippen molar-refractivity contribution in [1.29, 1.82) is 0 Å². The van der Waals surface area contributed by atoms with Crippen molar-refractivity contribution < 1.29 is 9.53 Å². The predicted octanol–water partition coefficient (Wildman–Crippen LogP) is 7.53. The Balaban J connectivity index is 1.49. The Morgan fingerprint density at radius 1 is 1.08 bits per heavy atom. The quantitative estimate of drug-likeness (QED) is 0.305. The van der Waals surface area contributed by atoms with Crippen LogP contribution in [0.5, 0.6) is 5.75 Å². The molecule has 0 radical (unpaired) electrons. The van der Waals surface area contributed by atoms with Gasteiger partial charge in [-0.25, -0.2) is 4.79 Å². The Morgan fingerprint density at radius 2 is 1.94 bits per heavy atom. The molecule has 2 aromatic carbocycles. The highest BCUT2D eigenvalue weighted by molar-refractivity contribution is 7.15. The van der Waals surface area contributed by atoms with Crippen LogP contribution in [0.2, 0.25) is 5.02 Å². The summed E-state index contributed by atoms with van der Waals surface area (Å²) in [7, 11) is 1.67. The summed E-state index contributed by atoms with van der Waals surface area (Å²) in [5, 5.41) is 5.00. The van der Waals surface area contributed by atoms with Gasteiger partial charge in [-0.3, -0.25) is 0 Å². The fourth-order valence-electron chi connectivity index (χ4n) is 5.41. The number of halogens is 1. The molecule has 0 bridgehead atoms. The van der Waals surface area contributed by atoms with Gasteiger partial charge < -0.3 is 19.5 Å². The van der Waals surface area contributed by atoms with Gasteiger partial charge in [-0.15, -0.1) is 11.3 Å². The van der Waals surface area contributed by atoms with Gasteiger partial charge in [0.25, 0.3) is 0 Å². The molecule has 2 aliphatic rings. The predicted molar refractivity (Wildman–Crippen MR) is 146 cm³/mol. The molecule has 1 unspecified atom stereocenters. The van der Waals surface area contributed by atoms with E-state index in [-0.39, 0.29) is 12.1 Å². The number of ether oxygens (including phenoxy) is 1. The summed E-state index contributed by atoms with van der Waals surface area (Å²) in [6, 6.07) is 17.4. The minimum Gasteiger partial charge on any atom is -0.497 e. The maximum atomic E-state index is 14.0. The molecule has 5 nitrogen and oxygen atoms in total. The number of anilines is 1. The monoisotopic (exact) mass is 517 g/mol. The number of aromatic nitrogens is 1. The Labute approximate surface area is 220 Å². The first kappa shape index (κ1) is 23.2. The van der Waals surface area contributed by atoms with Crippen molar-refractivity contribution in [3.8, 4) is 10.8 Å². The van der Waals surface area contributed by atoms with Gasteiger partial charge in [0, 0.05) is 27.3 Å². The first-order valence-electron chi connectivity index (χ1n) is 12.3. The van der Waals surface area contributed by atoms with E-state index in [1.54, 1.807) is 7.11 Å². The van der Waals surface area contributed by atoms with Crippen molar-refractivity contribution in [2.75, 3.05) is 12.4 Å². The molecule has 184 valence electrons. The van der Waals surface area contributed by atoms with Crippen LogP contribution in [0.3, 0.4) is 0 Å². The highest BCUT2D eigenvalue weighted by Gasteiger charge is 2.36. The molecule has 3 heterocycles. The van der Waals surface area contributed by atoms with Gasteiger partial charge in [-0.2, -0.15) is 0 Å². The van der Waals surface area contributed by atoms with E-state index in [1.165, 1.54) is 33.8 Å². The summed E-state index contributed by atoms with van der Waals surface area (Å²) in [6.07, 6.45) is 6.75. The largest absolute Gasteiger partial charge is 0.497 e. The molecule has 1 N–H and O–H groups in total. The van der Waals surface area contributed by atoms with E-state index in [9.17, 15) is 4.79 Å². The van der Waals surface area contributed by atoms with E-state index >= 15 is 0 Å². The molecule has 1 aliphatic heterocycles. The van der Waals surface area contributed by atoms with Gasteiger partial charge in [-0.1, -0.05) is 29.8 Å². The second-order valence-electron chi connectivity index (χ2n) is 9.50. The van der Waals surface area contributed by atoms with Crippen molar-refractivity contribution in [3.05, 3.63) is 98.6 Å². The number of urea groups is 1. The number of fused-ring (bicyclic) bond motifs is 5. The molecule has 0 saturated carbocycles. The molecular formula is C29H28ClN3O2S. The van der Waals surface area contributed by atoms with Gasteiger partial charge >= 0.3 is 6.03 Å². The van der Waals surface area contributed by atoms with E-state index in [0.29, 0.717) is 17.3 Å². The maximum absolute atomic E-state index is 14.0. The fraction of sp³-hybridized carbons (Fsp3) is 0.276. The Morgan fingerprint density at radius 3 is 2.78 bits per heavy atom. The Bertz CT molecular complexity index is 1460. The lowest BCUT2D eigenvalue weighted by Gasteiger charge is -2.31. The average Bonchev–Trinajstić information content (AvgIpc) is 3.48. The van der Waals surface area contributed by atoms with Crippen molar-refractivity contribution in [3.63, 3.8) is 0 Å². The summed E-state index contributed by atoms with van der Waals surface area (Å²) in [5.41, 5.74) is 6.45. The van der Waals surface area contributed by atoms with Gasteiger partial charge in [0.2, 0.25) is 0 Å². The number of rotatable bonds is 3. The maximum Gasteiger partial charge on any atom is 0.322 e. The SMILES string of the molecule is COc1cccc(C2c3cccn3-c3sc4c(c3CN2C(=O)Nc2ccc(C)c(Cl)c2)CCCC4)c1. The second-order valence-corrected chi connectivity index (χ2v) is 11.0. The van der Waals surface area contributed by atoms with Crippen LogP contribution in [0.15, 0.2) is 60.8 Å². The molecular weight excluding hydrogens is 490 g/mol. The molecule has 0 fully saturated rings. The molecule has 2 aromatic heterocycles. The van der Waals surface area contributed by atoms with Crippen molar-refractivity contribution in [2.45, 2.75) is 45.2 Å². The number of aryl methyl sites for hydroxylation is 2. The fourth-order valence-corrected chi connectivity index (χ4v) is 7.00. The summed E-state index contributed by atoms with van der Waals surface area (Å²) >= 11 is 8.26. The molecule has 1 atom stereocenters. The number of amides is 2. The number of thiophene rings is 1. The van der Waals surface area contributed by atoms with Gasteiger partial charge in [-0.05, 0) is 85.7 Å². The average molecular weight is 518 g/mol. The summed E-state index contributed by atoms with van der Waals surface area (Å²) in [4.78, 5) is 17.4. The van der Waals surface area contributed by atoms with Crippen molar-refractivity contribution >= 4 is 34.7 Å². The number of nitrogens with one attached hydrogen (secondary N) is 1. The number of nitrogens with zero attached hydrogens (tertiary/aromatic N) is 2. The number of benzene rings is 2. The molecule has 2 amide bonds. The highest BCUT2D eigenvalue weighted by atomic mass is 35.5. The zero-order valence-corrected chi connectivity index (χ0v) is 22.0. The smallest absolute Gasteiger partial charge is 0.322 e. The molecule has 7 heteroatoms. The van der Waals surface area contributed by atoms with Crippen LogP contribution in [-0.4, -0.2) is 22.6 Å². The third-order valence-electron chi connectivity index (χ3n) is 7.27. The molecule has 4 aromatic rings. The lowest BCUT2D eigenvalue weighted by atomic mass is 9.95. The summed E-state index contributed by atoms with van der Waals surface area (Å²) < 4.78 is 7.84. The van der Waals surface area contributed by atoms with Crippen LogP contribution in [0, 0.1) is 6.92 Å². The molecule has 36 heavy (non-hydrogen) atoms. The Kier molecular flexibility index (Phi) is 6.02. The minimum atomic E-state index is -0.283. The molecule has 0 spiro atoms. The Hall–Kier alpha value is -3.22. The number of hydrogen-bond donors (Lipinski definition) is 1. The standard InChI is InChI=1S/C29H28ClN3O2S/c1-18-12-13-20(16-24(18)30)31-29(34)33-17-23-22-9-3-4-11-26(22)36-28(23)32-14-6-10-25(32)27(33)19-7-5-8-21(15-19)35-2/h5-8,10,12-16,27H,3-4,9,11,17H2,1-2H3,(H,31,34). The second kappa shape index (κ2) is 9.34. The van der Waals surface area contributed by atoms with Crippen LogP contribution in [0.25, 0.3) is 5.00 Å². The van der Waals surface area contributed by atoms with E-state index < -0.39 is 0 Å². The summed E-state index contributed by atoms with van der Waals surface area (Å²) in [5.74, 6) is 0.771. The number of methoxy groups -OCH3 is 1. The number of carbonyl (C=O) groups is 1. The van der Waals surface area contributed by atoms with Crippen LogP contribution in [0.4, 0.5) is 10.5 Å². The van der Waals surface area contributed by atoms with E-state index in [4.69, 9.17) is 16.3 Å². The zero-order chi connectivity index (χ0) is 24.8. The van der Waals surface area contributed by atoms with Gasteiger partial charge in [0.15, 0.2) is 0 Å². The third-order valence-corrected chi connectivity index (χ3v) is 9.01. The van der Waals surface area contributed by atoms with Crippen LogP contribution in [0.1, 0.15) is 51.7 Å². The highest BCUT2D eigenvalue weighted by Crippen LogP contribution is 2.44. The van der Waals surface area contributed by atoms with Crippen molar-refractivity contribution in [1.82, 2.24) is 9.47 Å². The first-order valence-corrected chi connectivity index (χ1v) is 13.5. The topological polar surface area (TPSA) is 46.5 Å². The van der Waals surface area contributed by atoms with Gasteiger partial charge in [0.05, 0.1) is 25.4 Å². The third kappa shape index (κ3) is 3.98. The van der Waals surface area contributed by atoms with Gasteiger partial charge in [0.1, 0.15) is 10.8 Å². The van der Waals surface area contributed by atoms with Crippen molar-refractivity contribution in [2.24, 2.45) is 0 Å². The van der Waals surface area contributed by atoms with Crippen LogP contribution in [-0.2, 0) is 19.4 Å². The van der Waals surface area contributed by atoms with Crippen LogP contribution < -0.4 is 10.1 Å². The van der Waals surface area contributed by atoms with Crippen LogP contribution >= 0.6 is 22.9 Å². The van der Waals surface area contributed by atoms with E-state index in [2.05, 4.69) is 34.3 Å². The molecule has 0 saturated heterocycles. The molecule has 1 aliphatic carbocycles. The molecule has 6 rings (SSSR count). The lowest BCUT2D eigenvalue weighted by Crippen LogP contribution is -2.38. The summed E-state index contributed by atoms with van der Waals surface area (Å²) in [6.45, 7) is 2.49. The number of carbonyl (C=O) groups excluding carboxylic acids is 1. The first-order chi connectivity index (χ1) is 17.5. The van der Waals surface area contributed by atoms with E-state index in [0.717, 1.165) is 35.4 Å². The normalized spacial score (nSPS) is 16.5. The number of hydrogen-bond acceptors (Lipinski definition) is 3. The zero-order valence-electron chi connectivity index (χ0n) is 20.4. The minimum absolute atomic E-state index is 0.154. The lowest BCUT2D eigenvalue weighted by molar-refractivity contribution is 0.194.